The van der Waals surface area contributed by atoms with Crippen molar-refractivity contribution < 1.29 is 0 Å². The average Bonchev–Trinajstić information content (AvgIpc) is 2.00. The molecule has 0 spiro atoms. The van der Waals surface area contributed by atoms with Crippen LogP contribution in [0.5, 0.6) is 0 Å². The molecule has 70 valence electrons. The van der Waals surface area contributed by atoms with Gasteiger partial charge in [-0.05, 0) is 25.7 Å². The molecule has 1 aliphatic carbocycles. The maximum Gasteiger partial charge on any atom is 0.0193 e. The molecule has 0 aromatic rings. The van der Waals surface area contributed by atoms with Crippen LogP contribution in [0.2, 0.25) is 0 Å². The van der Waals surface area contributed by atoms with Gasteiger partial charge in [-0.15, -0.1) is 0 Å². The van der Waals surface area contributed by atoms with Gasteiger partial charge in [0.05, 0.1) is 0 Å². The fourth-order valence-electron chi connectivity index (χ4n) is 2.16. The van der Waals surface area contributed by atoms with E-state index in [0.717, 1.165) is 12.0 Å². The second kappa shape index (κ2) is 3.75. The van der Waals surface area contributed by atoms with Gasteiger partial charge in [-0.25, -0.2) is 0 Å². The van der Waals surface area contributed by atoms with E-state index in [1.165, 1.54) is 45.4 Å². The summed E-state index contributed by atoms with van der Waals surface area (Å²) in [7, 11) is 0. The third-order valence-electron chi connectivity index (χ3n) is 3.36. The van der Waals surface area contributed by atoms with Crippen LogP contribution in [0.3, 0.4) is 0 Å². The Morgan fingerprint density at radius 3 is 2.83 bits per heavy atom. The second-order valence-corrected chi connectivity index (χ2v) is 4.35. The lowest BCUT2D eigenvalue weighted by atomic mass is 9.85. The zero-order valence-corrected chi connectivity index (χ0v) is 8.05. The number of nitrogens with zero attached hydrogens (tertiary/aromatic N) is 1. The normalized spacial score (nSPS) is 33.2. The van der Waals surface area contributed by atoms with Crippen LogP contribution in [-0.2, 0) is 0 Å². The first kappa shape index (κ1) is 8.52. The van der Waals surface area contributed by atoms with Crippen molar-refractivity contribution in [3.05, 3.63) is 0 Å². The van der Waals surface area contributed by atoms with E-state index in [1.807, 2.05) is 0 Å². The van der Waals surface area contributed by atoms with E-state index in [-0.39, 0.29) is 0 Å². The van der Waals surface area contributed by atoms with Gasteiger partial charge < -0.3 is 5.32 Å². The van der Waals surface area contributed by atoms with Crippen LogP contribution in [0.4, 0.5) is 0 Å². The van der Waals surface area contributed by atoms with Crippen molar-refractivity contribution in [1.29, 1.82) is 0 Å². The van der Waals surface area contributed by atoms with E-state index in [1.54, 1.807) is 0 Å². The smallest absolute Gasteiger partial charge is 0.0193 e. The molecule has 1 saturated carbocycles. The summed E-state index contributed by atoms with van der Waals surface area (Å²) in [5.74, 6) is 1.03. The third kappa shape index (κ3) is 1.80. The summed E-state index contributed by atoms with van der Waals surface area (Å²) in [6.07, 6.45) is 4.44. The first-order chi connectivity index (χ1) is 5.86. The maximum atomic E-state index is 3.43. The fourth-order valence-corrected chi connectivity index (χ4v) is 2.16. The van der Waals surface area contributed by atoms with E-state index < -0.39 is 0 Å². The summed E-state index contributed by atoms with van der Waals surface area (Å²) < 4.78 is 0. The Kier molecular flexibility index (Phi) is 2.66. The molecule has 0 aromatic carbocycles. The van der Waals surface area contributed by atoms with Gasteiger partial charge >= 0.3 is 0 Å². The molecule has 1 saturated heterocycles. The lowest BCUT2D eigenvalue weighted by molar-refractivity contribution is 0.119. The molecular formula is C10H20N2. The number of hydrogen-bond donors (Lipinski definition) is 1. The zero-order valence-electron chi connectivity index (χ0n) is 8.05. The minimum absolute atomic E-state index is 0.763. The van der Waals surface area contributed by atoms with Crippen molar-refractivity contribution in [2.45, 2.75) is 32.2 Å². The summed E-state index contributed by atoms with van der Waals surface area (Å²) in [5.41, 5.74) is 0. The Hall–Kier alpha value is -0.0800. The average molecular weight is 168 g/mol. The van der Waals surface area contributed by atoms with Gasteiger partial charge in [0.2, 0.25) is 0 Å². The Balaban J connectivity index is 1.76. The summed E-state index contributed by atoms with van der Waals surface area (Å²) in [5, 5.41) is 3.43. The minimum atomic E-state index is 0.763. The zero-order chi connectivity index (χ0) is 8.39. The van der Waals surface area contributed by atoms with Crippen molar-refractivity contribution in [2.75, 3.05) is 26.2 Å². The molecule has 2 aliphatic rings. The molecular weight excluding hydrogens is 148 g/mol. The SMILES string of the molecule is C[C@H]1CNCCN1CC1CCC1. The first-order valence-corrected chi connectivity index (χ1v) is 5.31. The van der Waals surface area contributed by atoms with Crippen molar-refractivity contribution in [3.8, 4) is 0 Å². The van der Waals surface area contributed by atoms with E-state index in [0.29, 0.717) is 0 Å². The number of hydrogen-bond acceptors (Lipinski definition) is 2. The summed E-state index contributed by atoms with van der Waals surface area (Å²) in [6, 6.07) is 0.763. The monoisotopic (exact) mass is 168 g/mol. The van der Waals surface area contributed by atoms with Gasteiger partial charge in [0.1, 0.15) is 0 Å². The van der Waals surface area contributed by atoms with Crippen molar-refractivity contribution >= 4 is 0 Å². The van der Waals surface area contributed by atoms with Crippen LogP contribution in [-0.4, -0.2) is 37.1 Å². The molecule has 0 aromatic heterocycles. The highest BCUT2D eigenvalue weighted by Gasteiger charge is 2.24. The van der Waals surface area contributed by atoms with Crippen LogP contribution in [0.1, 0.15) is 26.2 Å². The van der Waals surface area contributed by atoms with Crippen LogP contribution >= 0.6 is 0 Å². The Morgan fingerprint density at radius 1 is 1.42 bits per heavy atom. The van der Waals surface area contributed by atoms with E-state index in [9.17, 15) is 0 Å². The summed E-state index contributed by atoms with van der Waals surface area (Å²) >= 11 is 0. The Bertz CT molecular complexity index is 143. The van der Waals surface area contributed by atoms with Crippen LogP contribution in [0.25, 0.3) is 0 Å². The van der Waals surface area contributed by atoms with Crippen LogP contribution in [0, 0.1) is 5.92 Å². The topological polar surface area (TPSA) is 15.3 Å². The van der Waals surface area contributed by atoms with Gasteiger partial charge in [-0.2, -0.15) is 0 Å². The van der Waals surface area contributed by atoms with Crippen LogP contribution in [0.15, 0.2) is 0 Å². The molecule has 0 bridgehead atoms. The Morgan fingerprint density at radius 2 is 2.25 bits per heavy atom. The van der Waals surface area contributed by atoms with E-state index >= 15 is 0 Å². The molecule has 1 N–H and O–H groups in total. The lowest BCUT2D eigenvalue weighted by Crippen LogP contribution is -2.51. The van der Waals surface area contributed by atoms with Gasteiger partial charge in [0.25, 0.3) is 0 Å². The standard InChI is InChI=1S/C10H20N2/c1-9-7-11-5-6-12(9)8-10-3-2-4-10/h9-11H,2-8H2,1H3/t9-/m0/s1. The van der Waals surface area contributed by atoms with Gasteiger partial charge in [-0.1, -0.05) is 6.42 Å². The molecule has 2 fully saturated rings. The highest BCUT2D eigenvalue weighted by atomic mass is 15.2. The molecule has 2 nitrogen and oxygen atoms in total. The lowest BCUT2D eigenvalue weighted by Gasteiger charge is -2.38. The molecule has 2 rings (SSSR count). The molecule has 2 heteroatoms. The third-order valence-corrected chi connectivity index (χ3v) is 3.36. The molecule has 0 amide bonds. The van der Waals surface area contributed by atoms with Crippen molar-refractivity contribution in [3.63, 3.8) is 0 Å². The van der Waals surface area contributed by atoms with E-state index in [4.69, 9.17) is 0 Å². The quantitative estimate of drug-likeness (QED) is 0.664. The summed E-state index contributed by atoms with van der Waals surface area (Å²) in [6.45, 7) is 7.34. The second-order valence-electron chi connectivity index (χ2n) is 4.35. The molecule has 1 aliphatic heterocycles. The largest absolute Gasteiger partial charge is 0.314 e. The van der Waals surface area contributed by atoms with E-state index in [2.05, 4.69) is 17.1 Å². The fraction of sp³-hybridized carbons (Fsp3) is 1.00. The van der Waals surface area contributed by atoms with Gasteiger partial charge in [0, 0.05) is 32.2 Å². The predicted molar refractivity (Wildman–Crippen MR) is 51.2 cm³/mol. The number of nitrogens with one attached hydrogen (secondary N) is 1. The Labute approximate surface area is 75.3 Å². The molecule has 0 unspecified atom stereocenters. The molecule has 1 heterocycles. The van der Waals surface area contributed by atoms with Gasteiger partial charge in [0.15, 0.2) is 0 Å². The molecule has 0 radical (unpaired) electrons. The number of piperazine rings is 1. The van der Waals surface area contributed by atoms with Gasteiger partial charge in [-0.3, -0.25) is 4.90 Å². The molecule has 1 atom stereocenters. The highest BCUT2D eigenvalue weighted by molar-refractivity contribution is 4.80. The highest BCUT2D eigenvalue weighted by Crippen LogP contribution is 2.27. The summed E-state index contributed by atoms with van der Waals surface area (Å²) in [4.78, 5) is 2.65. The maximum absolute atomic E-state index is 3.43. The molecule has 12 heavy (non-hydrogen) atoms. The minimum Gasteiger partial charge on any atom is -0.314 e. The van der Waals surface area contributed by atoms with Crippen molar-refractivity contribution in [1.82, 2.24) is 10.2 Å². The number of rotatable bonds is 2. The van der Waals surface area contributed by atoms with Crippen LogP contribution < -0.4 is 5.32 Å². The van der Waals surface area contributed by atoms with Crippen molar-refractivity contribution in [2.24, 2.45) is 5.92 Å². The predicted octanol–water partition coefficient (Wildman–Crippen LogP) is 1.08. The first-order valence-electron chi connectivity index (χ1n) is 5.31.